The van der Waals surface area contributed by atoms with Crippen molar-refractivity contribution >= 4 is 34.6 Å². The minimum atomic E-state index is 0.764. The fraction of sp³-hybridized carbons (Fsp3) is 0.429. The van der Waals surface area contributed by atoms with E-state index in [1.165, 1.54) is 10.5 Å². The summed E-state index contributed by atoms with van der Waals surface area (Å²) in [5, 5.41) is 0.936. The van der Waals surface area contributed by atoms with Crippen LogP contribution in [-0.2, 0) is 15.2 Å². The Hall–Kier alpha value is -1.54. The van der Waals surface area contributed by atoms with Gasteiger partial charge in [0.05, 0.1) is 16.7 Å². The van der Waals surface area contributed by atoms with Crippen molar-refractivity contribution in [1.82, 2.24) is 15.0 Å². The molecule has 28 heavy (non-hydrogen) atoms. The van der Waals surface area contributed by atoms with Crippen molar-refractivity contribution in [2.45, 2.75) is 35.6 Å². The normalized spacial score (nSPS) is 11.4. The third kappa shape index (κ3) is 6.24. The highest BCUT2D eigenvalue weighted by Crippen LogP contribution is 2.28. The van der Waals surface area contributed by atoms with E-state index < -0.39 is 0 Å². The number of H-pyrrole nitrogens is 1. The number of hydrogen-bond donors (Lipinski definition) is 1. The van der Waals surface area contributed by atoms with Crippen LogP contribution in [0.3, 0.4) is 0 Å². The Kier molecular flexibility index (Phi) is 8.67. The van der Waals surface area contributed by atoms with Crippen molar-refractivity contribution in [3.63, 3.8) is 0 Å². The molecule has 0 unspecified atom stereocenters. The Morgan fingerprint density at radius 1 is 1.04 bits per heavy atom. The Morgan fingerprint density at radius 2 is 1.89 bits per heavy atom. The molecule has 0 aliphatic carbocycles. The van der Waals surface area contributed by atoms with Crippen LogP contribution >= 0.6 is 23.5 Å². The molecule has 150 valence electrons. The van der Waals surface area contributed by atoms with E-state index in [0.29, 0.717) is 0 Å². The highest BCUT2D eigenvalue weighted by Gasteiger charge is 2.09. The van der Waals surface area contributed by atoms with Gasteiger partial charge in [0.2, 0.25) is 0 Å². The van der Waals surface area contributed by atoms with Crippen LogP contribution in [0, 0.1) is 6.92 Å². The number of ether oxygens (including phenoxy) is 2. The van der Waals surface area contributed by atoms with Crippen molar-refractivity contribution in [3.05, 3.63) is 47.8 Å². The lowest BCUT2D eigenvalue weighted by Crippen LogP contribution is -2.01. The molecule has 0 bridgehead atoms. The lowest BCUT2D eigenvalue weighted by Gasteiger charge is -2.10. The van der Waals surface area contributed by atoms with Gasteiger partial charge in [-0.3, -0.25) is 4.98 Å². The number of rotatable bonds is 12. The predicted molar refractivity (Wildman–Crippen MR) is 117 cm³/mol. The molecule has 2 heterocycles. The molecule has 0 saturated heterocycles. The molecule has 0 saturated carbocycles. The number of aromatic amines is 1. The Labute approximate surface area is 175 Å². The number of thioether (sulfide) groups is 2. The van der Waals surface area contributed by atoms with Gasteiger partial charge < -0.3 is 14.5 Å². The third-order valence-corrected chi connectivity index (χ3v) is 6.43. The van der Waals surface area contributed by atoms with Gasteiger partial charge in [-0.1, -0.05) is 23.9 Å². The maximum absolute atomic E-state index is 5.62. The highest BCUT2D eigenvalue weighted by molar-refractivity contribution is 7.99. The smallest absolute Gasteiger partial charge is 0.166 e. The van der Waals surface area contributed by atoms with Crippen LogP contribution in [0.4, 0.5) is 0 Å². The molecule has 0 aliphatic heterocycles. The van der Waals surface area contributed by atoms with E-state index in [4.69, 9.17) is 9.47 Å². The van der Waals surface area contributed by atoms with Crippen LogP contribution in [0.5, 0.6) is 0 Å². The number of imidazole rings is 1. The maximum atomic E-state index is 5.62. The molecule has 0 amide bonds. The minimum Gasteiger partial charge on any atom is -0.385 e. The summed E-state index contributed by atoms with van der Waals surface area (Å²) < 4.78 is 10.6. The van der Waals surface area contributed by atoms with Crippen LogP contribution in [-0.4, -0.2) is 47.6 Å². The van der Waals surface area contributed by atoms with Gasteiger partial charge >= 0.3 is 0 Å². The van der Waals surface area contributed by atoms with E-state index in [1.807, 2.05) is 36.2 Å². The quantitative estimate of drug-likeness (QED) is 0.327. The monoisotopic (exact) mass is 417 g/mol. The van der Waals surface area contributed by atoms with Crippen molar-refractivity contribution in [3.8, 4) is 0 Å². The van der Waals surface area contributed by atoms with Crippen LogP contribution in [0.15, 0.2) is 46.6 Å². The zero-order valence-corrected chi connectivity index (χ0v) is 18.1. The summed E-state index contributed by atoms with van der Waals surface area (Å²) >= 11 is 3.57. The molecule has 7 heteroatoms. The molecule has 3 aromatic rings. The number of nitrogens with one attached hydrogen (secondary N) is 1. The van der Waals surface area contributed by atoms with Gasteiger partial charge in [0.1, 0.15) is 0 Å². The highest BCUT2D eigenvalue weighted by atomic mass is 32.2. The fourth-order valence-electron chi connectivity index (χ4n) is 2.75. The zero-order chi connectivity index (χ0) is 19.6. The summed E-state index contributed by atoms with van der Waals surface area (Å²) in [6, 6.07) is 10.2. The van der Waals surface area contributed by atoms with Gasteiger partial charge in [-0.2, -0.15) is 0 Å². The van der Waals surface area contributed by atoms with E-state index in [0.717, 1.165) is 66.1 Å². The van der Waals surface area contributed by atoms with Gasteiger partial charge in [0.25, 0.3) is 0 Å². The molecule has 0 radical (unpaired) electrons. The number of methoxy groups -OCH3 is 1. The first-order chi connectivity index (χ1) is 13.8. The molecule has 1 N–H and O–H groups in total. The Morgan fingerprint density at radius 3 is 2.75 bits per heavy atom. The average Bonchev–Trinajstić information content (AvgIpc) is 3.13. The summed E-state index contributed by atoms with van der Waals surface area (Å²) in [6.07, 6.45) is 3.91. The number of pyridine rings is 1. The van der Waals surface area contributed by atoms with Gasteiger partial charge in [0.15, 0.2) is 5.16 Å². The Bertz CT molecular complexity index is 837. The molecule has 2 aromatic heterocycles. The number of aromatic nitrogens is 3. The lowest BCUT2D eigenvalue weighted by atomic mass is 10.2. The molecular formula is C21H27N3O2S2. The molecule has 0 atom stereocenters. The van der Waals surface area contributed by atoms with E-state index >= 15 is 0 Å². The minimum absolute atomic E-state index is 0.764. The zero-order valence-electron chi connectivity index (χ0n) is 16.4. The topological polar surface area (TPSA) is 60.0 Å². The van der Waals surface area contributed by atoms with E-state index in [-0.39, 0.29) is 0 Å². The summed E-state index contributed by atoms with van der Waals surface area (Å²) in [7, 11) is 1.72. The number of nitrogens with zero attached hydrogens (tertiary/aromatic N) is 2. The molecule has 3 rings (SSSR count). The average molecular weight is 418 g/mol. The van der Waals surface area contributed by atoms with Gasteiger partial charge in [0, 0.05) is 49.5 Å². The summed E-state index contributed by atoms with van der Waals surface area (Å²) in [6.45, 7) is 4.50. The van der Waals surface area contributed by atoms with E-state index in [1.54, 1.807) is 18.9 Å². The molecule has 0 spiro atoms. The summed E-state index contributed by atoms with van der Waals surface area (Å²) in [5.41, 5.74) is 4.45. The largest absolute Gasteiger partial charge is 0.385 e. The lowest BCUT2D eigenvalue weighted by molar-refractivity contribution is 0.104. The summed E-state index contributed by atoms with van der Waals surface area (Å²) in [4.78, 5) is 13.9. The predicted octanol–water partition coefficient (Wildman–Crippen LogP) is 5.09. The first-order valence-corrected chi connectivity index (χ1v) is 11.5. The van der Waals surface area contributed by atoms with Gasteiger partial charge in [-0.25, -0.2) is 4.98 Å². The molecule has 1 aromatic carbocycles. The molecule has 0 aliphatic rings. The number of fused-ring (bicyclic) bond motifs is 1. The Balaban J connectivity index is 1.46. The standard InChI is InChI=1S/C21H27N3O2S2/c1-16-19(15-28-21-23-17-7-3-4-8-18(17)24-21)22-10-9-20(16)27-14-6-13-26-12-5-11-25-2/h3-4,7-10H,5-6,11-15H2,1-2H3,(H,23,24). The van der Waals surface area contributed by atoms with Crippen LogP contribution in [0.2, 0.25) is 0 Å². The second-order valence-electron chi connectivity index (χ2n) is 6.39. The molecule has 0 fully saturated rings. The van der Waals surface area contributed by atoms with Crippen molar-refractivity contribution in [2.24, 2.45) is 0 Å². The number of para-hydroxylation sites is 2. The van der Waals surface area contributed by atoms with E-state index in [2.05, 4.69) is 34.0 Å². The number of hydrogen-bond acceptors (Lipinski definition) is 6. The van der Waals surface area contributed by atoms with Gasteiger partial charge in [-0.05, 0) is 43.5 Å². The van der Waals surface area contributed by atoms with Crippen LogP contribution in [0.1, 0.15) is 24.1 Å². The second kappa shape index (κ2) is 11.5. The van der Waals surface area contributed by atoms with Crippen LogP contribution in [0.25, 0.3) is 11.0 Å². The fourth-order valence-corrected chi connectivity index (χ4v) is 4.63. The molecular weight excluding hydrogens is 390 g/mol. The van der Waals surface area contributed by atoms with Crippen molar-refractivity contribution < 1.29 is 9.47 Å². The van der Waals surface area contributed by atoms with Gasteiger partial charge in [-0.15, -0.1) is 11.8 Å². The van der Waals surface area contributed by atoms with Crippen LogP contribution < -0.4 is 0 Å². The van der Waals surface area contributed by atoms with Crippen molar-refractivity contribution in [2.75, 3.05) is 32.7 Å². The first kappa shape index (κ1) is 21.2. The maximum Gasteiger partial charge on any atom is 0.166 e. The summed E-state index contributed by atoms with van der Waals surface area (Å²) in [5.74, 6) is 1.86. The SMILES string of the molecule is COCCCOCCCSc1ccnc(CSc2nc3ccccc3[nH]2)c1C. The third-order valence-electron chi connectivity index (χ3n) is 4.30. The molecule has 5 nitrogen and oxygen atoms in total. The van der Waals surface area contributed by atoms with E-state index in [9.17, 15) is 0 Å². The second-order valence-corrected chi connectivity index (χ2v) is 8.49. The first-order valence-electron chi connectivity index (χ1n) is 9.49. The number of benzene rings is 1. The van der Waals surface area contributed by atoms with Crippen molar-refractivity contribution in [1.29, 1.82) is 0 Å².